The molecule has 0 aromatic heterocycles. The molecule has 134 valence electrons. The Hall–Kier alpha value is -1.27. The van der Waals surface area contributed by atoms with E-state index in [-0.39, 0.29) is 28.5 Å². The molecule has 0 saturated heterocycles. The maximum absolute atomic E-state index is 14.1. The van der Waals surface area contributed by atoms with Crippen molar-refractivity contribution in [2.24, 2.45) is 5.92 Å². The van der Waals surface area contributed by atoms with E-state index >= 15 is 0 Å². The molecule has 0 fully saturated rings. The molecule has 7 heteroatoms. The third-order valence-electron chi connectivity index (χ3n) is 3.55. The van der Waals surface area contributed by atoms with Gasteiger partial charge in [0.2, 0.25) is 5.91 Å². The van der Waals surface area contributed by atoms with Crippen LogP contribution in [0.25, 0.3) is 0 Å². The van der Waals surface area contributed by atoms with Gasteiger partial charge in [-0.05, 0) is 25.0 Å². The molecule has 0 bridgehead atoms. The number of hydrogen-bond donors (Lipinski definition) is 1. The Bertz CT molecular complexity index is 597. The van der Waals surface area contributed by atoms with Crippen molar-refractivity contribution in [1.82, 2.24) is 0 Å². The first-order valence-corrected chi connectivity index (χ1v) is 9.14. The number of nitrogens with one attached hydrogen (secondary N) is 1. The normalized spacial score (nSPS) is 13.2. The summed E-state index contributed by atoms with van der Waals surface area (Å²) in [6.45, 7) is 5.63. The average molecular weight is 376 g/mol. The maximum atomic E-state index is 14.1. The van der Waals surface area contributed by atoms with Gasteiger partial charge < -0.3 is 10.1 Å². The molecule has 2 unspecified atom stereocenters. The van der Waals surface area contributed by atoms with Crippen LogP contribution in [0.2, 0.25) is 5.02 Å². The highest BCUT2D eigenvalue weighted by molar-refractivity contribution is 8.00. The summed E-state index contributed by atoms with van der Waals surface area (Å²) in [6.07, 6.45) is 2.14. The van der Waals surface area contributed by atoms with Gasteiger partial charge in [-0.15, -0.1) is 11.8 Å². The summed E-state index contributed by atoms with van der Waals surface area (Å²) in [4.78, 5) is 24.3. The van der Waals surface area contributed by atoms with Crippen LogP contribution in [0.5, 0.6) is 0 Å². The zero-order valence-electron chi connectivity index (χ0n) is 14.3. The van der Waals surface area contributed by atoms with Crippen molar-refractivity contribution in [2.75, 3.05) is 12.4 Å². The molecular weight excluding hydrogens is 353 g/mol. The Morgan fingerprint density at radius 2 is 2.04 bits per heavy atom. The number of halogens is 2. The number of amides is 1. The smallest absolute Gasteiger partial charge is 0.319 e. The molecule has 24 heavy (non-hydrogen) atoms. The Balaban J connectivity index is 3.00. The molecule has 1 N–H and O–H groups in total. The molecule has 0 heterocycles. The Labute approximate surface area is 151 Å². The van der Waals surface area contributed by atoms with Crippen LogP contribution in [-0.2, 0) is 14.3 Å². The van der Waals surface area contributed by atoms with Crippen LogP contribution in [0.3, 0.4) is 0 Å². The number of carbonyl (C=O) groups is 2. The third kappa shape index (κ3) is 5.67. The summed E-state index contributed by atoms with van der Waals surface area (Å²) in [5.74, 6) is -1.42. The number of carbonyl (C=O) groups excluding carboxylic acids is 2. The van der Waals surface area contributed by atoms with E-state index in [1.807, 2.05) is 13.8 Å². The van der Waals surface area contributed by atoms with Gasteiger partial charge in [-0.2, -0.15) is 0 Å². The van der Waals surface area contributed by atoms with E-state index in [4.69, 9.17) is 16.3 Å². The number of esters is 1. The number of ether oxygens (including phenoxy) is 1. The predicted octanol–water partition coefficient (Wildman–Crippen LogP) is 4.90. The van der Waals surface area contributed by atoms with E-state index in [0.717, 1.165) is 18.9 Å². The summed E-state index contributed by atoms with van der Waals surface area (Å²) in [5, 5.41) is 2.34. The quantitative estimate of drug-likeness (QED) is 0.518. The van der Waals surface area contributed by atoms with Crippen LogP contribution in [0.15, 0.2) is 17.0 Å². The van der Waals surface area contributed by atoms with Crippen LogP contribution in [0, 0.1) is 11.7 Å². The average Bonchev–Trinajstić information content (AvgIpc) is 2.55. The summed E-state index contributed by atoms with van der Waals surface area (Å²) in [7, 11) is 1.32. The highest BCUT2D eigenvalue weighted by Gasteiger charge is 2.22. The van der Waals surface area contributed by atoms with E-state index in [2.05, 4.69) is 5.32 Å². The first kappa shape index (κ1) is 20.8. The number of rotatable bonds is 8. The molecular formula is C17H23ClFNO3S. The van der Waals surface area contributed by atoms with Crippen LogP contribution < -0.4 is 5.32 Å². The number of hydrogen-bond acceptors (Lipinski definition) is 4. The topological polar surface area (TPSA) is 55.4 Å². The monoisotopic (exact) mass is 375 g/mol. The minimum Gasteiger partial charge on any atom is -0.468 e. The van der Waals surface area contributed by atoms with Crippen LogP contribution in [0.4, 0.5) is 10.1 Å². The fourth-order valence-electron chi connectivity index (χ4n) is 2.12. The third-order valence-corrected chi connectivity index (χ3v) is 5.38. The second kappa shape index (κ2) is 9.89. The highest BCUT2D eigenvalue weighted by atomic mass is 35.5. The van der Waals surface area contributed by atoms with Gasteiger partial charge in [0.25, 0.3) is 0 Å². The molecule has 0 aliphatic heterocycles. The van der Waals surface area contributed by atoms with Gasteiger partial charge >= 0.3 is 5.97 Å². The molecule has 0 saturated carbocycles. The molecule has 0 spiro atoms. The molecule has 2 atom stereocenters. The lowest BCUT2D eigenvalue weighted by atomic mass is 10.1. The van der Waals surface area contributed by atoms with Crippen molar-refractivity contribution in [3.8, 4) is 0 Å². The van der Waals surface area contributed by atoms with Crippen LogP contribution >= 0.6 is 23.4 Å². The van der Waals surface area contributed by atoms with Crippen molar-refractivity contribution in [3.63, 3.8) is 0 Å². The lowest BCUT2D eigenvalue weighted by molar-refractivity contribution is -0.140. The lowest BCUT2D eigenvalue weighted by Crippen LogP contribution is -2.21. The van der Waals surface area contributed by atoms with Gasteiger partial charge in [0.15, 0.2) is 0 Å². The molecule has 1 rings (SSSR count). The predicted molar refractivity (Wildman–Crippen MR) is 96.1 cm³/mol. The molecule has 4 nitrogen and oxygen atoms in total. The number of anilines is 1. The Kier molecular flexibility index (Phi) is 8.56. The summed E-state index contributed by atoms with van der Waals surface area (Å²) < 4.78 is 18.8. The van der Waals surface area contributed by atoms with Crippen molar-refractivity contribution >= 4 is 40.9 Å². The van der Waals surface area contributed by atoms with Crippen molar-refractivity contribution < 1.29 is 18.7 Å². The maximum Gasteiger partial charge on any atom is 0.319 e. The van der Waals surface area contributed by atoms with Crippen LogP contribution in [0.1, 0.15) is 40.0 Å². The van der Waals surface area contributed by atoms with Gasteiger partial charge in [0, 0.05) is 10.8 Å². The summed E-state index contributed by atoms with van der Waals surface area (Å²) in [5.41, 5.74) is 0.0644. The first-order valence-electron chi connectivity index (χ1n) is 7.88. The standard InChI is InChI=1S/C17H23ClFNO3S/c1-5-7-10(3)16(21)20-13-9-15(11(18)8-12(13)19)24-14(6-2)17(22)23-4/h8-10,14H,5-7H2,1-4H3,(H,20,21). The van der Waals surface area contributed by atoms with E-state index in [1.165, 1.54) is 24.9 Å². The van der Waals surface area contributed by atoms with E-state index in [0.29, 0.717) is 11.3 Å². The minimum absolute atomic E-state index is 0.0644. The zero-order valence-corrected chi connectivity index (χ0v) is 15.9. The van der Waals surface area contributed by atoms with Gasteiger partial charge in [0.05, 0.1) is 17.8 Å². The summed E-state index contributed by atoms with van der Waals surface area (Å²) >= 11 is 7.27. The lowest BCUT2D eigenvalue weighted by Gasteiger charge is -2.16. The second-order valence-corrected chi connectivity index (χ2v) is 7.13. The fraction of sp³-hybridized carbons (Fsp3) is 0.529. The Morgan fingerprint density at radius 3 is 2.58 bits per heavy atom. The number of methoxy groups -OCH3 is 1. The van der Waals surface area contributed by atoms with Crippen molar-refractivity contribution in [3.05, 3.63) is 23.0 Å². The van der Waals surface area contributed by atoms with Crippen LogP contribution in [-0.4, -0.2) is 24.2 Å². The van der Waals surface area contributed by atoms with E-state index < -0.39 is 11.1 Å². The Morgan fingerprint density at radius 1 is 1.38 bits per heavy atom. The fourth-order valence-corrected chi connectivity index (χ4v) is 3.43. The highest BCUT2D eigenvalue weighted by Crippen LogP contribution is 2.36. The van der Waals surface area contributed by atoms with Gasteiger partial charge in [-0.1, -0.05) is 38.8 Å². The van der Waals surface area contributed by atoms with Crippen molar-refractivity contribution in [1.29, 1.82) is 0 Å². The zero-order chi connectivity index (χ0) is 18.3. The van der Waals surface area contributed by atoms with Gasteiger partial charge in [-0.25, -0.2) is 4.39 Å². The number of thioether (sulfide) groups is 1. The molecule has 1 aromatic rings. The van der Waals surface area contributed by atoms with Crippen molar-refractivity contribution in [2.45, 2.75) is 50.2 Å². The van der Waals surface area contributed by atoms with Gasteiger partial charge in [0.1, 0.15) is 11.1 Å². The second-order valence-electron chi connectivity index (χ2n) is 5.48. The molecule has 0 radical (unpaired) electrons. The molecule has 0 aliphatic rings. The van der Waals surface area contributed by atoms with Gasteiger partial charge in [-0.3, -0.25) is 9.59 Å². The van der Waals surface area contributed by atoms with E-state index in [1.54, 1.807) is 6.92 Å². The SMILES string of the molecule is CCCC(C)C(=O)Nc1cc(SC(CC)C(=O)OC)c(Cl)cc1F. The molecule has 1 amide bonds. The summed E-state index contributed by atoms with van der Waals surface area (Å²) in [6, 6.07) is 2.61. The first-order chi connectivity index (χ1) is 11.3. The largest absolute Gasteiger partial charge is 0.468 e. The molecule has 1 aromatic carbocycles. The van der Waals surface area contributed by atoms with E-state index in [9.17, 15) is 14.0 Å². The molecule has 0 aliphatic carbocycles. The number of benzene rings is 1. The minimum atomic E-state index is -0.604.